The van der Waals surface area contributed by atoms with Crippen LogP contribution in [-0.2, 0) is 4.79 Å². The highest BCUT2D eigenvalue weighted by atomic mass is 16.1. The van der Waals surface area contributed by atoms with Gasteiger partial charge in [-0.3, -0.25) is 4.79 Å². The summed E-state index contributed by atoms with van der Waals surface area (Å²) in [6.45, 7) is 3.11. The van der Waals surface area contributed by atoms with Crippen LogP contribution in [0, 0.1) is 5.92 Å². The van der Waals surface area contributed by atoms with Crippen LogP contribution in [0.5, 0.6) is 0 Å². The topological polar surface area (TPSA) is 32.3 Å². The second-order valence-corrected chi connectivity index (χ2v) is 3.26. The predicted molar refractivity (Wildman–Crippen MR) is 44.3 cm³/mol. The lowest BCUT2D eigenvalue weighted by Gasteiger charge is -2.25. The minimum Gasteiger partial charge on any atom is -0.348 e. The van der Waals surface area contributed by atoms with E-state index in [1.807, 2.05) is 7.05 Å². The lowest BCUT2D eigenvalue weighted by Crippen LogP contribution is -2.36. The van der Waals surface area contributed by atoms with Gasteiger partial charge in [0.2, 0.25) is 6.41 Å². The Kier molecular flexibility index (Phi) is 3.36. The van der Waals surface area contributed by atoms with E-state index in [0.29, 0.717) is 5.92 Å². The molecular formula is C8H16N2O. The largest absolute Gasteiger partial charge is 0.348 e. The first-order chi connectivity index (χ1) is 5.33. The molecule has 3 heteroatoms. The zero-order chi connectivity index (χ0) is 8.10. The van der Waals surface area contributed by atoms with Gasteiger partial charge in [0.05, 0.1) is 0 Å². The van der Waals surface area contributed by atoms with E-state index in [9.17, 15) is 4.79 Å². The Morgan fingerprint density at radius 3 is 3.09 bits per heavy atom. The molecule has 1 aliphatic rings. The van der Waals surface area contributed by atoms with Crippen molar-refractivity contribution in [2.45, 2.75) is 12.8 Å². The smallest absolute Gasteiger partial charge is 0.209 e. The molecular weight excluding hydrogens is 140 g/mol. The highest BCUT2D eigenvalue weighted by Gasteiger charge is 2.13. The maximum Gasteiger partial charge on any atom is 0.209 e. The molecule has 0 radical (unpaired) electrons. The van der Waals surface area contributed by atoms with Crippen LogP contribution >= 0.6 is 0 Å². The Bertz CT molecular complexity index is 121. The molecule has 11 heavy (non-hydrogen) atoms. The van der Waals surface area contributed by atoms with Crippen molar-refractivity contribution in [3.8, 4) is 0 Å². The first-order valence-corrected chi connectivity index (χ1v) is 4.19. The molecule has 0 saturated carbocycles. The van der Waals surface area contributed by atoms with E-state index in [1.54, 1.807) is 4.90 Å². The fraction of sp³-hybridized carbons (Fsp3) is 0.875. The number of hydrogen-bond acceptors (Lipinski definition) is 2. The van der Waals surface area contributed by atoms with Gasteiger partial charge in [-0.1, -0.05) is 0 Å². The van der Waals surface area contributed by atoms with E-state index < -0.39 is 0 Å². The zero-order valence-corrected chi connectivity index (χ0v) is 7.05. The van der Waals surface area contributed by atoms with E-state index in [4.69, 9.17) is 0 Å². The van der Waals surface area contributed by atoms with Gasteiger partial charge in [0.25, 0.3) is 0 Å². The maximum atomic E-state index is 10.3. The van der Waals surface area contributed by atoms with Gasteiger partial charge >= 0.3 is 0 Å². The highest BCUT2D eigenvalue weighted by molar-refractivity contribution is 5.46. The summed E-state index contributed by atoms with van der Waals surface area (Å²) in [4.78, 5) is 12.0. The van der Waals surface area contributed by atoms with Crippen LogP contribution in [0.4, 0.5) is 0 Å². The maximum absolute atomic E-state index is 10.3. The molecule has 0 spiro atoms. The summed E-state index contributed by atoms with van der Waals surface area (Å²) < 4.78 is 0. The Balaban J connectivity index is 2.18. The Labute approximate surface area is 67.8 Å². The third-order valence-corrected chi connectivity index (χ3v) is 2.13. The van der Waals surface area contributed by atoms with E-state index in [2.05, 4.69) is 5.32 Å². The summed E-state index contributed by atoms with van der Waals surface area (Å²) in [5.74, 6) is 0.666. The van der Waals surface area contributed by atoms with Gasteiger partial charge in [-0.05, 0) is 31.8 Å². The van der Waals surface area contributed by atoms with E-state index in [-0.39, 0.29) is 0 Å². The van der Waals surface area contributed by atoms with Crippen molar-refractivity contribution in [2.75, 3.05) is 26.7 Å². The number of amides is 1. The summed E-state index contributed by atoms with van der Waals surface area (Å²) in [5, 5.41) is 3.32. The molecule has 0 aliphatic carbocycles. The molecule has 1 heterocycles. The van der Waals surface area contributed by atoms with Gasteiger partial charge in [0.15, 0.2) is 0 Å². The van der Waals surface area contributed by atoms with Gasteiger partial charge in [-0.2, -0.15) is 0 Å². The fourth-order valence-corrected chi connectivity index (χ4v) is 1.53. The SMILES string of the molecule is CN(C=O)CC1CCCNC1. The van der Waals surface area contributed by atoms with Crippen LogP contribution in [0.25, 0.3) is 0 Å². The van der Waals surface area contributed by atoms with Crippen LogP contribution in [0.15, 0.2) is 0 Å². The van der Waals surface area contributed by atoms with Crippen LogP contribution in [0.1, 0.15) is 12.8 Å². The summed E-state index contributed by atoms with van der Waals surface area (Å²) in [5.41, 5.74) is 0. The standard InChI is InChI=1S/C8H16N2O/c1-10(7-11)6-8-3-2-4-9-5-8/h7-9H,2-6H2,1H3. The van der Waals surface area contributed by atoms with Gasteiger partial charge in [0, 0.05) is 13.6 Å². The second-order valence-electron chi connectivity index (χ2n) is 3.26. The Hall–Kier alpha value is -0.570. The third-order valence-electron chi connectivity index (χ3n) is 2.13. The van der Waals surface area contributed by atoms with Crippen LogP contribution in [0.3, 0.4) is 0 Å². The molecule has 0 aromatic carbocycles. The fourth-order valence-electron chi connectivity index (χ4n) is 1.53. The number of nitrogens with one attached hydrogen (secondary N) is 1. The van der Waals surface area contributed by atoms with Crippen LogP contribution in [0.2, 0.25) is 0 Å². The summed E-state index contributed by atoms with van der Waals surface area (Å²) in [6, 6.07) is 0. The monoisotopic (exact) mass is 156 g/mol. The molecule has 1 amide bonds. The Morgan fingerprint density at radius 2 is 2.55 bits per heavy atom. The number of carbonyl (C=O) groups is 1. The molecule has 1 aliphatic heterocycles. The number of piperidine rings is 1. The molecule has 1 N–H and O–H groups in total. The third kappa shape index (κ3) is 2.89. The summed E-state index contributed by atoms with van der Waals surface area (Å²) >= 11 is 0. The molecule has 0 bridgehead atoms. The van der Waals surface area contributed by atoms with Crippen molar-refractivity contribution < 1.29 is 4.79 Å². The first-order valence-electron chi connectivity index (χ1n) is 4.19. The van der Waals surface area contributed by atoms with E-state index >= 15 is 0 Å². The van der Waals surface area contributed by atoms with Gasteiger partial charge in [-0.15, -0.1) is 0 Å². The van der Waals surface area contributed by atoms with Crippen molar-refractivity contribution in [3.05, 3.63) is 0 Å². The number of rotatable bonds is 3. The minimum absolute atomic E-state index is 0.666. The predicted octanol–water partition coefficient (Wildman–Crippen LogP) is 0.0742. The molecule has 1 atom stereocenters. The lowest BCUT2D eigenvalue weighted by molar-refractivity contribution is -0.117. The second kappa shape index (κ2) is 4.34. The molecule has 1 unspecified atom stereocenters. The lowest BCUT2D eigenvalue weighted by atomic mass is 9.99. The molecule has 1 fully saturated rings. The zero-order valence-electron chi connectivity index (χ0n) is 7.05. The van der Waals surface area contributed by atoms with Crippen LogP contribution in [-0.4, -0.2) is 38.0 Å². The first kappa shape index (κ1) is 8.53. The summed E-state index contributed by atoms with van der Waals surface area (Å²) in [7, 11) is 1.83. The number of nitrogens with zero attached hydrogens (tertiary/aromatic N) is 1. The summed E-state index contributed by atoms with van der Waals surface area (Å²) in [6.07, 6.45) is 3.40. The van der Waals surface area contributed by atoms with Crippen molar-refractivity contribution in [2.24, 2.45) is 5.92 Å². The van der Waals surface area contributed by atoms with Gasteiger partial charge in [-0.25, -0.2) is 0 Å². The quantitative estimate of drug-likeness (QED) is 0.587. The average molecular weight is 156 g/mol. The van der Waals surface area contributed by atoms with E-state index in [1.165, 1.54) is 12.8 Å². The Morgan fingerprint density at radius 1 is 1.73 bits per heavy atom. The van der Waals surface area contributed by atoms with Crippen molar-refractivity contribution in [3.63, 3.8) is 0 Å². The molecule has 1 rings (SSSR count). The van der Waals surface area contributed by atoms with E-state index in [0.717, 1.165) is 26.0 Å². The van der Waals surface area contributed by atoms with Gasteiger partial charge < -0.3 is 10.2 Å². The van der Waals surface area contributed by atoms with Gasteiger partial charge in [0.1, 0.15) is 0 Å². The average Bonchev–Trinajstić information content (AvgIpc) is 2.06. The molecule has 0 aromatic rings. The normalized spacial score (nSPS) is 24.6. The van der Waals surface area contributed by atoms with Crippen molar-refractivity contribution >= 4 is 6.41 Å². The van der Waals surface area contributed by atoms with Crippen LogP contribution < -0.4 is 5.32 Å². The molecule has 64 valence electrons. The molecule has 1 saturated heterocycles. The number of carbonyl (C=O) groups excluding carboxylic acids is 1. The minimum atomic E-state index is 0.666. The van der Waals surface area contributed by atoms with Crippen molar-refractivity contribution in [1.29, 1.82) is 0 Å². The number of hydrogen-bond donors (Lipinski definition) is 1. The van der Waals surface area contributed by atoms with Crippen molar-refractivity contribution in [1.82, 2.24) is 10.2 Å². The highest BCUT2D eigenvalue weighted by Crippen LogP contribution is 2.09. The molecule has 3 nitrogen and oxygen atoms in total. The molecule has 0 aromatic heterocycles.